The number of benzene rings is 2. The molecule has 118 valence electrons. The molecule has 0 fully saturated rings. The third-order valence-electron chi connectivity index (χ3n) is 5.14. The van der Waals surface area contributed by atoms with Crippen molar-refractivity contribution >= 4 is 23.1 Å². The molecule has 0 aromatic heterocycles. The molecule has 5 rings (SSSR count). The van der Waals surface area contributed by atoms with E-state index in [1.54, 1.807) is 4.90 Å². The number of nitrogens with one attached hydrogen (secondary N) is 1. The van der Waals surface area contributed by atoms with E-state index in [0.717, 1.165) is 41.1 Å². The van der Waals surface area contributed by atoms with E-state index >= 15 is 0 Å². The lowest BCUT2D eigenvalue weighted by Gasteiger charge is -2.27. The number of nitrogens with zero attached hydrogens (tertiary/aromatic N) is 1. The summed E-state index contributed by atoms with van der Waals surface area (Å²) in [4.78, 5) is 27.6. The molecule has 4 heteroatoms. The molecule has 2 aromatic rings. The molecule has 2 aromatic carbocycles. The maximum atomic E-state index is 13.1. The Morgan fingerprint density at radius 2 is 1.75 bits per heavy atom. The van der Waals surface area contributed by atoms with Crippen LogP contribution >= 0.6 is 0 Å². The van der Waals surface area contributed by atoms with Crippen molar-refractivity contribution in [1.29, 1.82) is 0 Å². The summed E-state index contributed by atoms with van der Waals surface area (Å²) in [6, 6.07) is 15.1. The Labute approximate surface area is 139 Å². The van der Waals surface area contributed by atoms with Gasteiger partial charge in [0.25, 0.3) is 5.91 Å². The second-order valence-electron chi connectivity index (χ2n) is 6.48. The van der Waals surface area contributed by atoms with E-state index in [0.29, 0.717) is 12.0 Å². The van der Waals surface area contributed by atoms with Crippen molar-refractivity contribution in [3.8, 4) is 0 Å². The van der Waals surface area contributed by atoms with Gasteiger partial charge in [-0.15, -0.1) is 0 Å². The number of hydrogen-bond donors (Lipinski definition) is 1. The zero-order chi connectivity index (χ0) is 16.3. The van der Waals surface area contributed by atoms with Crippen molar-refractivity contribution in [3.05, 3.63) is 70.9 Å². The van der Waals surface area contributed by atoms with Crippen molar-refractivity contribution < 1.29 is 9.59 Å². The summed E-state index contributed by atoms with van der Waals surface area (Å²) in [6.45, 7) is 0. The average Bonchev–Trinajstić information content (AvgIpc) is 2.80. The highest BCUT2D eigenvalue weighted by Gasteiger charge is 2.45. The van der Waals surface area contributed by atoms with Crippen LogP contribution in [0.5, 0.6) is 0 Å². The number of carbonyl (C=O) groups is 2. The molecule has 1 amide bonds. The number of rotatable bonds is 0. The first-order valence-electron chi connectivity index (χ1n) is 8.30. The molecule has 1 atom stereocenters. The first kappa shape index (κ1) is 13.5. The van der Waals surface area contributed by atoms with Crippen LogP contribution in [0, 0.1) is 0 Å². The van der Waals surface area contributed by atoms with Crippen molar-refractivity contribution in [3.63, 3.8) is 0 Å². The Balaban J connectivity index is 1.84. The fourth-order valence-corrected chi connectivity index (χ4v) is 4.11. The van der Waals surface area contributed by atoms with E-state index in [-0.39, 0.29) is 17.7 Å². The minimum Gasteiger partial charge on any atom is -0.357 e. The number of anilines is 2. The molecule has 0 unspecified atom stereocenters. The minimum absolute atomic E-state index is 0.0306. The fourth-order valence-electron chi connectivity index (χ4n) is 4.11. The predicted molar refractivity (Wildman–Crippen MR) is 91.9 cm³/mol. The lowest BCUT2D eigenvalue weighted by Crippen LogP contribution is -2.31. The maximum Gasteiger partial charge on any atom is 0.259 e. The lowest BCUT2D eigenvalue weighted by atomic mass is 9.86. The van der Waals surface area contributed by atoms with Gasteiger partial charge < -0.3 is 5.32 Å². The van der Waals surface area contributed by atoms with Crippen LogP contribution in [0.2, 0.25) is 0 Å². The van der Waals surface area contributed by atoms with Crippen LogP contribution in [0.3, 0.4) is 0 Å². The number of hydrogen-bond acceptors (Lipinski definition) is 3. The summed E-state index contributed by atoms with van der Waals surface area (Å²) in [6.07, 6.45) is 2.25. The Bertz CT molecular complexity index is 929. The third-order valence-corrected chi connectivity index (χ3v) is 5.14. The molecule has 3 aliphatic rings. The Morgan fingerprint density at radius 3 is 2.67 bits per heavy atom. The number of allylic oxidation sites excluding steroid dienone is 1. The molecular weight excluding hydrogens is 300 g/mol. The van der Waals surface area contributed by atoms with Crippen LogP contribution in [-0.4, -0.2) is 11.7 Å². The van der Waals surface area contributed by atoms with E-state index in [1.807, 2.05) is 48.5 Å². The molecule has 0 saturated heterocycles. The van der Waals surface area contributed by atoms with Crippen molar-refractivity contribution in [2.24, 2.45) is 0 Å². The quantitative estimate of drug-likeness (QED) is 0.804. The first-order valence-corrected chi connectivity index (χ1v) is 8.30. The van der Waals surface area contributed by atoms with Crippen LogP contribution in [0.25, 0.3) is 0 Å². The Morgan fingerprint density at radius 1 is 0.958 bits per heavy atom. The second-order valence-corrected chi connectivity index (χ2v) is 6.48. The number of ketones is 1. The molecule has 2 aliphatic heterocycles. The number of para-hydroxylation sites is 2. The largest absolute Gasteiger partial charge is 0.357 e. The normalized spacial score (nSPS) is 21.5. The van der Waals surface area contributed by atoms with E-state index in [2.05, 4.69) is 5.32 Å². The average molecular weight is 316 g/mol. The second kappa shape index (κ2) is 4.81. The first-order chi connectivity index (χ1) is 11.8. The Kier molecular flexibility index (Phi) is 2.71. The fraction of sp³-hybridized carbons (Fsp3) is 0.200. The molecule has 4 nitrogen and oxygen atoms in total. The molecule has 1 N–H and O–H groups in total. The van der Waals surface area contributed by atoms with Crippen LogP contribution in [0.15, 0.2) is 59.8 Å². The highest BCUT2D eigenvalue weighted by molar-refractivity contribution is 6.16. The van der Waals surface area contributed by atoms with Gasteiger partial charge in [0.05, 0.1) is 17.4 Å². The predicted octanol–water partition coefficient (Wildman–Crippen LogP) is 3.82. The van der Waals surface area contributed by atoms with E-state index in [1.165, 1.54) is 0 Å². The van der Waals surface area contributed by atoms with Gasteiger partial charge >= 0.3 is 0 Å². The highest BCUT2D eigenvalue weighted by atomic mass is 16.2. The standard InChI is InChI=1S/C20H16N2O2/c23-17-11-5-9-15-18(17)19-12-6-1-2-7-13(12)20(24)22(19)16-10-4-3-8-14(16)21-15/h1-4,6-8,10,19,21H,5,9,11H2/t19-/m1/s1. The third kappa shape index (κ3) is 1.68. The molecule has 0 bridgehead atoms. The SMILES string of the molecule is O=C1CCCC2=C1[C@H]1c3ccccc3C(=O)N1c1ccccc1N2. The molecular formula is C20H16N2O2. The van der Waals surface area contributed by atoms with E-state index < -0.39 is 0 Å². The van der Waals surface area contributed by atoms with Crippen LogP contribution in [-0.2, 0) is 4.79 Å². The highest BCUT2D eigenvalue weighted by Crippen LogP contribution is 2.49. The number of amides is 1. The summed E-state index contributed by atoms with van der Waals surface area (Å²) in [5.74, 6) is 0.119. The van der Waals surface area contributed by atoms with Gasteiger partial charge in [0.1, 0.15) is 0 Å². The summed E-state index contributed by atoms with van der Waals surface area (Å²) in [7, 11) is 0. The smallest absolute Gasteiger partial charge is 0.259 e. The van der Waals surface area contributed by atoms with Crippen LogP contribution < -0.4 is 10.2 Å². The lowest BCUT2D eigenvalue weighted by molar-refractivity contribution is -0.116. The van der Waals surface area contributed by atoms with Gasteiger partial charge in [-0.3, -0.25) is 14.5 Å². The van der Waals surface area contributed by atoms with Crippen molar-refractivity contribution in [1.82, 2.24) is 0 Å². The van der Waals surface area contributed by atoms with Crippen molar-refractivity contribution in [2.45, 2.75) is 25.3 Å². The molecule has 24 heavy (non-hydrogen) atoms. The molecule has 1 aliphatic carbocycles. The van der Waals surface area contributed by atoms with Crippen LogP contribution in [0.4, 0.5) is 11.4 Å². The van der Waals surface area contributed by atoms with Gasteiger partial charge in [-0.05, 0) is 36.6 Å². The zero-order valence-corrected chi connectivity index (χ0v) is 13.1. The zero-order valence-electron chi connectivity index (χ0n) is 13.1. The summed E-state index contributed by atoms with van der Waals surface area (Å²) < 4.78 is 0. The van der Waals surface area contributed by atoms with E-state index in [4.69, 9.17) is 0 Å². The van der Waals surface area contributed by atoms with Crippen LogP contribution in [0.1, 0.15) is 41.2 Å². The topological polar surface area (TPSA) is 49.4 Å². The maximum absolute atomic E-state index is 13.1. The number of Topliss-reactive ketones (excluding diaryl/α,β-unsaturated/α-hetero) is 1. The summed E-state index contributed by atoms with van der Waals surface area (Å²) in [5.41, 5.74) is 5.09. The minimum atomic E-state index is -0.312. The summed E-state index contributed by atoms with van der Waals surface area (Å²) >= 11 is 0. The van der Waals surface area contributed by atoms with Gasteiger partial charge in [-0.25, -0.2) is 0 Å². The van der Waals surface area contributed by atoms with E-state index in [9.17, 15) is 9.59 Å². The molecule has 2 heterocycles. The molecule has 0 saturated carbocycles. The van der Waals surface area contributed by atoms with Gasteiger partial charge in [0.2, 0.25) is 0 Å². The molecule has 0 spiro atoms. The Hall–Kier alpha value is -2.88. The monoisotopic (exact) mass is 316 g/mol. The number of carbonyl (C=O) groups excluding carboxylic acids is 2. The molecule has 0 radical (unpaired) electrons. The van der Waals surface area contributed by atoms with Gasteiger partial charge in [0, 0.05) is 23.3 Å². The summed E-state index contributed by atoms with van der Waals surface area (Å²) in [5, 5.41) is 3.44. The van der Waals surface area contributed by atoms with Gasteiger partial charge in [0.15, 0.2) is 5.78 Å². The van der Waals surface area contributed by atoms with Crippen molar-refractivity contribution in [2.75, 3.05) is 10.2 Å². The number of fused-ring (bicyclic) bond motifs is 6. The van der Waals surface area contributed by atoms with Gasteiger partial charge in [-0.2, -0.15) is 0 Å². The van der Waals surface area contributed by atoms with Gasteiger partial charge in [-0.1, -0.05) is 30.3 Å².